The van der Waals surface area contributed by atoms with E-state index >= 15 is 0 Å². The maximum atomic E-state index is 9.47. The molecule has 0 aromatic heterocycles. The number of rotatable bonds is 8. The lowest BCUT2D eigenvalue weighted by Crippen LogP contribution is -2.39. The molecule has 1 N–H and O–H groups in total. The normalized spacial score (nSPS) is 15.2. The van der Waals surface area contributed by atoms with E-state index in [0.717, 1.165) is 12.8 Å². The van der Waals surface area contributed by atoms with Gasteiger partial charge in [-0.25, -0.2) is 9.78 Å². The molecule has 0 bridgehead atoms. The summed E-state index contributed by atoms with van der Waals surface area (Å²) in [5.41, 5.74) is -0.441. The Morgan fingerprint density at radius 3 is 1.94 bits per heavy atom. The van der Waals surface area contributed by atoms with Crippen molar-refractivity contribution in [2.75, 3.05) is 7.11 Å². The standard InChI is InChI=1S/C12H26O4/c1-7-12(8-2,9-10(3)13)16-15-11(4,5)14-6/h10,13H,7-9H2,1-6H3. The number of methoxy groups -OCH3 is 1. The fourth-order valence-electron chi connectivity index (χ4n) is 1.45. The van der Waals surface area contributed by atoms with Crippen molar-refractivity contribution in [1.82, 2.24) is 0 Å². The summed E-state index contributed by atoms with van der Waals surface area (Å²) in [5, 5.41) is 9.47. The van der Waals surface area contributed by atoms with Crippen LogP contribution in [0.15, 0.2) is 0 Å². The molecule has 0 rings (SSSR count). The van der Waals surface area contributed by atoms with Crippen molar-refractivity contribution < 1.29 is 19.6 Å². The molecule has 0 saturated carbocycles. The van der Waals surface area contributed by atoms with Gasteiger partial charge in [-0.15, -0.1) is 0 Å². The predicted molar refractivity (Wildman–Crippen MR) is 62.9 cm³/mol. The first-order valence-electron chi connectivity index (χ1n) is 5.91. The summed E-state index contributed by atoms with van der Waals surface area (Å²) in [5.74, 6) is -0.770. The van der Waals surface area contributed by atoms with Crippen LogP contribution in [-0.2, 0) is 14.5 Å². The van der Waals surface area contributed by atoms with E-state index in [1.165, 1.54) is 0 Å². The molecule has 0 aliphatic carbocycles. The number of hydrogen-bond acceptors (Lipinski definition) is 4. The van der Waals surface area contributed by atoms with E-state index in [9.17, 15) is 5.11 Å². The highest BCUT2D eigenvalue weighted by Gasteiger charge is 2.33. The molecule has 16 heavy (non-hydrogen) atoms. The SMILES string of the molecule is CCC(CC)(CC(C)O)OOC(C)(C)OC. The molecule has 0 amide bonds. The Hall–Kier alpha value is -0.160. The van der Waals surface area contributed by atoms with Crippen molar-refractivity contribution in [3.8, 4) is 0 Å². The van der Waals surface area contributed by atoms with Gasteiger partial charge in [-0.2, -0.15) is 0 Å². The van der Waals surface area contributed by atoms with Crippen LogP contribution in [0.2, 0.25) is 0 Å². The second-order valence-electron chi connectivity index (χ2n) is 4.71. The Morgan fingerprint density at radius 1 is 1.12 bits per heavy atom. The van der Waals surface area contributed by atoms with Gasteiger partial charge in [-0.3, -0.25) is 0 Å². The van der Waals surface area contributed by atoms with E-state index in [-0.39, 0.29) is 0 Å². The molecule has 4 heteroatoms. The highest BCUT2D eigenvalue weighted by molar-refractivity contribution is 4.78. The van der Waals surface area contributed by atoms with Crippen molar-refractivity contribution in [3.63, 3.8) is 0 Å². The summed E-state index contributed by atoms with van der Waals surface area (Å²) in [6.07, 6.45) is 1.72. The van der Waals surface area contributed by atoms with E-state index in [2.05, 4.69) is 0 Å². The number of hydrogen-bond donors (Lipinski definition) is 1. The Kier molecular flexibility index (Phi) is 6.48. The third kappa shape index (κ3) is 5.25. The van der Waals surface area contributed by atoms with Gasteiger partial charge in [0.1, 0.15) is 5.60 Å². The molecular formula is C12H26O4. The third-order valence-corrected chi connectivity index (χ3v) is 2.87. The lowest BCUT2D eigenvalue weighted by Gasteiger charge is -2.34. The minimum Gasteiger partial charge on any atom is -0.393 e. The van der Waals surface area contributed by atoms with Gasteiger partial charge in [0.25, 0.3) is 0 Å². The smallest absolute Gasteiger partial charge is 0.195 e. The van der Waals surface area contributed by atoms with Gasteiger partial charge >= 0.3 is 0 Å². The van der Waals surface area contributed by atoms with E-state index in [4.69, 9.17) is 14.5 Å². The fourth-order valence-corrected chi connectivity index (χ4v) is 1.45. The van der Waals surface area contributed by atoms with Crippen molar-refractivity contribution in [3.05, 3.63) is 0 Å². The van der Waals surface area contributed by atoms with Crippen LogP contribution in [0.5, 0.6) is 0 Å². The van der Waals surface area contributed by atoms with E-state index in [1.807, 2.05) is 13.8 Å². The molecule has 4 nitrogen and oxygen atoms in total. The zero-order valence-corrected chi connectivity index (χ0v) is 11.4. The maximum Gasteiger partial charge on any atom is 0.195 e. The molecule has 0 saturated heterocycles. The number of ether oxygens (including phenoxy) is 1. The van der Waals surface area contributed by atoms with Crippen LogP contribution in [0.1, 0.15) is 53.9 Å². The van der Waals surface area contributed by atoms with Gasteiger partial charge in [-0.05, 0) is 33.6 Å². The fraction of sp³-hybridized carbons (Fsp3) is 1.00. The number of aliphatic hydroxyl groups excluding tert-OH is 1. The van der Waals surface area contributed by atoms with E-state index in [0.29, 0.717) is 6.42 Å². The first-order chi connectivity index (χ1) is 7.31. The minimum absolute atomic E-state index is 0.408. The Bertz CT molecular complexity index is 185. The van der Waals surface area contributed by atoms with Crippen LogP contribution >= 0.6 is 0 Å². The van der Waals surface area contributed by atoms with Crippen LogP contribution in [0, 0.1) is 0 Å². The van der Waals surface area contributed by atoms with Gasteiger partial charge in [-0.1, -0.05) is 13.8 Å². The van der Waals surface area contributed by atoms with Crippen molar-refractivity contribution in [2.24, 2.45) is 0 Å². The summed E-state index contributed by atoms with van der Waals surface area (Å²) in [6.45, 7) is 9.37. The monoisotopic (exact) mass is 234 g/mol. The predicted octanol–water partition coefficient (Wildman–Crippen LogP) is 2.65. The molecule has 0 heterocycles. The second kappa shape index (κ2) is 6.55. The largest absolute Gasteiger partial charge is 0.393 e. The molecule has 0 aromatic carbocycles. The summed E-state index contributed by atoms with van der Waals surface area (Å²) >= 11 is 0. The van der Waals surface area contributed by atoms with Crippen molar-refractivity contribution >= 4 is 0 Å². The minimum atomic E-state index is -0.770. The molecule has 0 aliphatic heterocycles. The van der Waals surface area contributed by atoms with Crippen LogP contribution in [-0.4, -0.2) is 29.7 Å². The van der Waals surface area contributed by atoms with E-state index in [1.54, 1.807) is 27.9 Å². The molecule has 98 valence electrons. The van der Waals surface area contributed by atoms with Gasteiger partial charge in [0, 0.05) is 13.5 Å². The van der Waals surface area contributed by atoms with Crippen molar-refractivity contribution in [2.45, 2.75) is 71.4 Å². The number of aliphatic hydroxyl groups is 1. The van der Waals surface area contributed by atoms with Crippen LogP contribution in [0.25, 0.3) is 0 Å². The lowest BCUT2D eigenvalue weighted by molar-refractivity contribution is -0.456. The summed E-state index contributed by atoms with van der Waals surface area (Å²) in [4.78, 5) is 10.8. The summed E-state index contributed by atoms with van der Waals surface area (Å²) in [6, 6.07) is 0. The van der Waals surface area contributed by atoms with Gasteiger partial charge in [0.05, 0.1) is 6.10 Å². The summed E-state index contributed by atoms with van der Waals surface area (Å²) < 4.78 is 5.12. The van der Waals surface area contributed by atoms with Crippen LogP contribution in [0.4, 0.5) is 0 Å². The Morgan fingerprint density at radius 2 is 1.62 bits per heavy atom. The van der Waals surface area contributed by atoms with Gasteiger partial charge in [0.2, 0.25) is 0 Å². The zero-order chi connectivity index (χ0) is 12.8. The zero-order valence-electron chi connectivity index (χ0n) is 11.4. The first kappa shape index (κ1) is 15.8. The van der Waals surface area contributed by atoms with Crippen molar-refractivity contribution in [1.29, 1.82) is 0 Å². The third-order valence-electron chi connectivity index (χ3n) is 2.87. The van der Waals surface area contributed by atoms with Crippen LogP contribution < -0.4 is 0 Å². The molecule has 0 radical (unpaired) electrons. The first-order valence-corrected chi connectivity index (χ1v) is 5.91. The molecule has 0 aromatic rings. The van der Waals surface area contributed by atoms with Gasteiger partial charge < -0.3 is 9.84 Å². The molecule has 0 spiro atoms. The van der Waals surface area contributed by atoms with Gasteiger partial charge in [0.15, 0.2) is 5.79 Å². The average Bonchev–Trinajstić information content (AvgIpc) is 2.24. The maximum absolute atomic E-state index is 9.47. The molecular weight excluding hydrogens is 208 g/mol. The lowest BCUT2D eigenvalue weighted by atomic mass is 9.91. The highest BCUT2D eigenvalue weighted by Crippen LogP contribution is 2.28. The summed E-state index contributed by atoms with van der Waals surface area (Å²) in [7, 11) is 1.57. The highest BCUT2D eigenvalue weighted by atomic mass is 17.2. The molecule has 1 atom stereocenters. The second-order valence-corrected chi connectivity index (χ2v) is 4.71. The Labute approximate surface area is 98.8 Å². The molecule has 0 fully saturated rings. The molecule has 0 aliphatic rings. The molecule has 1 unspecified atom stereocenters. The Balaban J connectivity index is 4.43. The topological polar surface area (TPSA) is 47.9 Å². The average molecular weight is 234 g/mol. The van der Waals surface area contributed by atoms with Crippen LogP contribution in [0.3, 0.4) is 0 Å². The quantitative estimate of drug-likeness (QED) is 0.398. The van der Waals surface area contributed by atoms with E-state index < -0.39 is 17.5 Å².